The molecule has 1 aliphatic heterocycles. The van der Waals surface area contributed by atoms with Crippen molar-refractivity contribution in [2.75, 3.05) is 13.1 Å². The van der Waals surface area contributed by atoms with Gasteiger partial charge in [-0.2, -0.15) is 0 Å². The van der Waals surface area contributed by atoms with Crippen LogP contribution in [-0.4, -0.2) is 39.3 Å². The number of aliphatic hydroxyl groups is 1. The van der Waals surface area contributed by atoms with Gasteiger partial charge in [-0.1, -0.05) is 18.2 Å². The number of pyridine rings is 1. The second-order valence-electron chi connectivity index (χ2n) is 7.35. The monoisotopic (exact) mass is 365 g/mol. The highest BCUT2D eigenvalue weighted by atomic mass is 16.5. The molecular weight excluding hydrogens is 342 g/mol. The number of hydrogen-bond donors (Lipinski definition) is 2. The third-order valence-electron chi connectivity index (χ3n) is 4.95. The van der Waals surface area contributed by atoms with Gasteiger partial charge in [-0.3, -0.25) is 14.3 Å². The first-order valence-corrected chi connectivity index (χ1v) is 9.13. The van der Waals surface area contributed by atoms with Crippen LogP contribution in [0.4, 0.5) is 0 Å². The van der Waals surface area contributed by atoms with Gasteiger partial charge in [0.15, 0.2) is 5.60 Å². The van der Waals surface area contributed by atoms with Crippen LogP contribution in [0.1, 0.15) is 35.9 Å². The molecule has 1 aliphatic rings. The third-order valence-corrected chi connectivity index (χ3v) is 4.95. The van der Waals surface area contributed by atoms with E-state index in [0.29, 0.717) is 13.1 Å². The first kappa shape index (κ1) is 17.7. The smallest absolute Gasteiger partial charge is 0.274 e. The summed E-state index contributed by atoms with van der Waals surface area (Å²) in [5.74, 6) is 0.681. The molecule has 0 unspecified atom stereocenters. The van der Waals surface area contributed by atoms with Crippen LogP contribution in [0.15, 0.2) is 48.9 Å². The Morgan fingerprint density at radius 3 is 2.93 bits per heavy atom. The lowest BCUT2D eigenvalue weighted by molar-refractivity contribution is 0.0460. The minimum atomic E-state index is -0.871. The molecule has 0 amide bonds. The maximum atomic E-state index is 12.7. The molecule has 3 aromatic rings. The summed E-state index contributed by atoms with van der Waals surface area (Å²) < 4.78 is 7.61. The van der Waals surface area contributed by atoms with Crippen LogP contribution in [0.2, 0.25) is 0 Å². The van der Waals surface area contributed by atoms with E-state index in [0.717, 1.165) is 34.2 Å². The van der Waals surface area contributed by atoms with Gasteiger partial charge < -0.3 is 15.2 Å². The highest BCUT2D eigenvalue weighted by Crippen LogP contribution is 2.37. The van der Waals surface area contributed by atoms with Crippen LogP contribution in [-0.2, 0) is 6.42 Å². The molecule has 1 aromatic carbocycles. The lowest BCUT2D eigenvalue weighted by Gasteiger charge is -2.30. The minimum absolute atomic E-state index is 0.0580. The van der Waals surface area contributed by atoms with E-state index in [1.165, 1.54) is 0 Å². The van der Waals surface area contributed by atoms with Gasteiger partial charge in [0.25, 0.3) is 5.91 Å². The van der Waals surface area contributed by atoms with E-state index >= 15 is 0 Å². The summed E-state index contributed by atoms with van der Waals surface area (Å²) in [5.41, 5.74) is 1.85. The summed E-state index contributed by atoms with van der Waals surface area (Å²) in [7, 11) is 0. The standard InChI is InChI=1S/C21H23N3O3/c1-21(2)20(26)24-13-15(16-6-3-7-18(27-21)19(16)24)8-10-23-12-17(25)14-5-4-9-22-11-14/h3-7,9,11,13,17,23,25H,8,10,12H2,1-2H3/t17-/m0/s1. The van der Waals surface area contributed by atoms with Gasteiger partial charge >= 0.3 is 0 Å². The molecule has 0 saturated heterocycles. The Morgan fingerprint density at radius 1 is 1.30 bits per heavy atom. The van der Waals surface area contributed by atoms with E-state index in [-0.39, 0.29) is 5.91 Å². The second-order valence-corrected chi connectivity index (χ2v) is 7.35. The fourth-order valence-corrected chi connectivity index (χ4v) is 3.52. The SMILES string of the molecule is CC1(C)Oc2cccc3c(CCNC[C@H](O)c4cccnc4)cn(c23)C1=O. The van der Waals surface area contributed by atoms with E-state index < -0.39 is 11.7 Å². The number of aromatic nitrogens is 2. The average molecular weight is 365 g/mol. The van der Waals surface area contributed by atoms with Gasteiger partial charge in [0.05, 0.1) is 11.6 Å². The van der Waals surface area contributed by atoms with E-state index in [9.17, 15) is 9.90 Å². The average Bonchev–Trinajstić information content (AvgIpc) is 3.04. The number of rotatable bonds is 6. The van der Waals surface area contributed by atoms with Gasteiger partial charge in [0.1, 0.15) is 5.75 Å². The summed E-state index contributed by atoms with van der Waals surface area (Å²) in [6.07, 6.45) is 5.43. The number of para-hydroxylation sites is 1. The summed E-state index contributed by atoms with van der Waals surface area (Å²) in [6, 6.07) is 9.55. The molecule has 0 fully saturated rings. The Morgan fingerprint density at radius 2 is 2.15 bits per heavy atom. The van der Waals surface area contributed by atoms with Crippen molar-refractivity contribution >= 4 is 16.8 Å². The van der Waals surface area contributed by atoms with Crippen LogP contribution in [0, 0.1) is 0 Å². The minimum Gasteiger partial charge on any atom is -0.476 e. The van der Waals surface area contributed by atoms with Gasteiger partial charge in [0, 0.05) is 36.1 Å². The molecule has 0 radical (unpaired) electrons. The highest BCUT2D eigenvalue weighted by molar-refractivity contribution is 6.02. The predicted octanol–water partition coefficient (Wildman–Crippen LogP) is 2.71. The molecule has 2 aromatic heterocycles. The Balaban J connectivity index is 1.47. The molecule has 3 heterocycles. The maximum absolute atomic E-state index is 12.7. The molecule has 6 nitrogen and oxygen atoms in total. The third kappa shape index (κ3) is 3.22. The van der Waals surface area contributed by atoms with Crippen molar-refractivity contribution in [2.24, 2.45) is 0 Å². The lowest BCUT2D eigenvalue weighted by atomic mass is 10.1. The fourth-order valence-electron chi connectivity index (χ4n) is 3.52. The van der Waals surface area contributed by atoms with E-state index in [2.05, 4.69) is 10.3 Å². The van der Waals surface area contributed by atoms with Crippen LogP contribution in [0.3, 0.4) is 0 Å². The molecule has 0 saturated carbocycles. The number of ether oxygens (including phenoxy) is 1. The normalized spacial score (nSPS) is 16.3. The summed E-state index contributed by atoms with van der Waals surface area (Å²) in [4.78, 5) is 16.7. The maximum Gasteiger partial charge on any atom is 0.274 e. The van der Waals surface area contributed by atoms with Crippen molar-refractivity contribution < 1.29 is 14.6 Å². The number of carbonyl (C=O) groups is 1. The van der Waals surface area contributed by atoms with Gasteiger partial charge in [-0.05, 0) is 44.5 Å². The molecule has 4 rings (SSSR count). The van der Waals surface area contributed by atoms with E-state index in [1.54, 1.807) is 30.8 Å². The fraction of sp³-hybridized carbons (Fsp3) is 0.333. The Kier molecular flexibility index (Phi) is 4.45. The topological polar surface area (TPSA) is 76.4 Å². The molecule has 6 heteroatoms. The molecule has 1 atom stereocenters. The number of nitrogens with zero attached hydrogens (tertiary/aromatic N) is 2. The zero-order valence-electron chi connectivity index (χ0n) is 15.5. The number of nitrogens with one attached hydrogen (secondary N) is 1. The van der Waals surface area contributed by atoms with Crippen molar-refractivity contribution in [1.29, 1.82) is 0 Å². The quantitative estimate of drug-likeness (QED) is 0.657. The van der Waals surface area contributed by atoms with Crippen molar-refractivity contribution in [2.45, 2.75) is 32.0 Å². The van der Waals surface area contributed by atoms with Crippen molar-refractivity contribution in [3.8, 4) is 5.75 Å². The highest BCUT2D eigenvalue weighted by Gasteiger charge is 2.37. The molecule has 0 spiro atoms. The van der Waals surface area contributed by atoms with Crippen LogP contribution in [0.5, 0.6) is 5.75 Å². The lowest BCUT2D eigenvalue weighted by Crippen LogP contribution is -2.44. The molecular formula is C21H23N3O3. The van der Waals surface area contributed by atoms with Gasteiger partial charge in [0.2, 0.25) is 0 Å². The van der Waals surface area contributed by atoms with Gasteiger partial charge in [-0.25, -0.2) is 0 Å². The Labute approximate surface area is 157 Å². The number of carbonyl (C=O) groups excluding carboxylic acids is 1. The van der Waals surface area contributed by atoms with Gasteiger partial charge in [-0.15, -0.1) is 0 Å². The van der Waals surface area contributed by atoms with Crippen LogP contribution >= 0.6 is 0 Å². The zero-order valence-corrected chi connectivity index (χ0v) is 15.5. The Bertz CT molecular complexity index is 979. The molecule has 0 bridgehead atoms. The summed E-state index contributed by atoms with van der Waals surface area (Å²) in [5, 5.41) is 14.5. The first-order chi connectivity index (χ1) is 13.0. The largest absolute Gasteiger partial charge is 0.476 e. The van der Waals surface area contributed by atoms with Crippen LogP contribution < -0.4 is 10.1 Å². The first-order valence-electron chi connectivity index (χ1n) is 9.13. The van der Waals surface area contributed by atoms with E-state index in [4.69, 9.17) is 4.74 Å². The number of hydrogen-bond acceptors (Lipinski definition) is 5. The molecule has 0 aliphatic carbocycles. The molecule has 2 N–H and O–H groups in total. The summed E-state index contributed by atoms with van der Waals surface area (Å²) >= 11 is 0. The van der Waals surface area contributed by atoms with Crippen molar-refractivity contribution in [3.05, 3.63) is 60.0 Å². The number of aliphatic hydroxyl groups excluding tert-OH is 1. The van der Waals surface area contributed by atoms with Crippen molar-refractivity contribution in [1.82, 2.24) is 14.9 Å². The molecule has 27 heavy (non-hydrogen) atoms. The zero-order chi connectivity index (χ0) is 19.0. The Hall–Kier alpha value is -2.70. The van der Waals surface area contributed by atoms with Crippen LogP contribution in [0.25, 0.3) is 10.9 Å². The number of benzene rings is 1. The second kappa shape index (κ2) is 6.79. The van der Waals surface area contributed by atoms with E-state index in [1.807, 2.05) is 36.5 Å². The predicted molar refractivity (Wildman–Crippen MR) is 103 cm³/mol. The summed E-state index contributed by atoms with van der Waals surface area (Å²) in [6.45, 7) is 4.72. The van der Waals surface area contributed by atoms with Crippen molar-refractivity contribution in [3.63, 3.8) is 0 Å². The molecule has 140 valence electrons.